The molecule has 1 aromatic heterocycles. The van der Waals surface area contributed by atoms with Gasteiger partial charge in [-0.1, -0.05) is 18.2 Å². The van der Waals surface area contributed by atoms with Gasteiger partial charge >= 0.3 is 6.09 Å². The maximum absolute atomic E-state index is 13.8. The predicted octanol–water partition coefficient (Wildman–Crippen LogP) is 4.28. The van der Waals surface area contributed by atoms with Gasteiger partial charge in [-0.2, -0.15) is 0 Å². The van der Waals surface area contributed by atoms with Gasteiger partial charge in [0.15, 0.2) is 6.61 Å². The van der Waals surface area contributed by atoms with E-state index in [2.05, 4.69) is 33.3 Å². The quantitative estimate of drug-likeness (QED) is 0.246. The summed E-state index contributed by atoms with van der Waals surface area (Å²) in [7, 11) is 0. The molecule has 0 fully saturated rings. The van der Waals surface area contributed by atoms with Crippen LogP contribution >= 0.6 is 0 Å². The standard InChI is InChI=1S/C30H31N5O5/c1-19-11-14-35(26-5-3-2-4-25(26)34-19)29(37)22-6-8-23(20-7-9-24-21(16-20)10-12-32-24)27(17-22)39-15-13-33-28(36)18-40-30(31)38/h2-10,12,16-17,19,32,34H,11,13-15,18H2,1H3,(H2,31,38)(H,33,36). The van der Waals surface area contributed by atoms with Crippen LogP contribution in [0.2, 0.25) is 0 Å². The number of nitrogens with one attached hydrogen (secondary N) is 3. The normalized spacial score (nSPS) is 14.5. The number of aromatic nitrogens is 1. The zero-order chi connectivity index (χ0) is 28.1. The molecule has 0 bridgehead atoms. The number of ether oxygens (including phenoxy) is 2. The molecule has 10 nitrogen and oxygen atoms in total. The highest BCUT2D eigenvalue weighted by molar-refractivity contribution is 6.08. The van der Waals surface area contributed by atoms with Crippen LogP contribution < -0.4 is 26.0 Å². The van der Waals surface area contributed by atoms with Gasteiger partial charge < -0.3 is 35.7 Å². The molecule has 40 heavy (non-hydrogen) atoms. The van der Waals surface area contributed by atoms with E-state index in [1.165, 1.54) is 0 Å². The number of amides is 3. The minimum absolute atomic E-state index is 0.127. The van der Waals surface area contributed by atoms with E-state index in [-0.39, 0.29) is 25.1 Å². The second-order valence-corrected chi connectivity index (χ2v) is 9.60. The number of H-pyrrole nitrogens is 1. The lowest BCUT2D eigenvalue weighted by Gasteiger charge is -2.23. The maximum atomic E-state index is 13.8. The minimum atomic E-state index is -1.02. The second-order valence-electron chi connectivity index (χ2n) is 9.60. The van der Waals surface area contributed by atoms with Crippen molar-refractivity contribution in [3.8, 4) is 16.9 Å². The van der Waals surface area contributed by atoms with Gasteiger partial charge in [0.05, 0.1) is 17.9 Å². The molecule has 0 radical (unpaired) electrons. The highest BCUT2D eigenvalue weighted by Crippen LogP contribution is 2.35. The Hall–Kier alpha value is -4.99. The number of primary amides is 1. The predicted molar refractivity (Wildman–Crippen MR) is 154 cm³/mol. The number of para-hydroxylation sites is 2. The first-order valence-corrected chi connectivity index (χ1v) is 13.1. The van der Waals surface area contributed by atoms with Gasteiger partial charge in [0.1, 0.15) is 12.4 Å². The van der Waals surface area contributed by atoms with E-state index >= 15 is 0 Å². The third-order valence-corrected chi connectivity index (χ3v) is 6.75. The number of anilines is 2. The molecule has 1 unspecified atom stereocenters. The van der Waals surface area contributed by atoms with Crippen LogP contribution in [0.4, 0.5) is 16.2 Å². The Bertz CT molecular complexity index is 1550. The fraction of sp³-hybridized carbons (Fsp3) is 0.233. The summed E-state index contributed by atoms with van der Waals surface area (Å²) in [5, 5.41) is 7.15. The van der Waals surface area contributed by atoms with Gasteiger partial charge in [-0.25, -0.2) is 4.79 Å². The number of nitrogens with two attached hydrogens (primary N) is 1. The summed E-state index contributed by atoms with van der Waals surface area (Å²) >= 11 is 0. The molecule has 0 saturated carbocycles. The van der Waals surface area contributed by atoms with Crippen LogP contribution in [0.3, 0.4) is 0 Å². The van der Waals surface area contributed by atoms with Crippen molar-refractivity contribution in [3.05, 3.63) is 78.5 Å². The number of hydrogen-bond acceptors (Lipinski definition) is 6. The molecule has 2 heterocycles. The number of carbonyl (C=O) groups is 3. The molecule has 206 valence electrons. The Morgan fingerprint density at radius 1 is 1.07 bits per heavy atom. The van der Waals surface area contributed by atoms with Crippen LogP contribution in [-0.2, 0) is 9.53 Å². The van der Waals surface area contributed by atoms with E-state index < -0.39 is 18.6 Å². The third kappa shape index (κ3) is 6.01. The summed E-state index contributed by atoms with van der Waals surface area (Å²) in [5.41, 5.74) is 9.91. The molecule has 3 amide bonds. The number of hydrogen-bond donors (Lipinski definition) is 4. The maximum Gasteiger partial charge on any atom is 0.405 e. The summed E-state index contributed by atoms with van der Waals surface area (Å²) in [6, 6.07) is 21.5. The van der Waals surface area contributed by atoms with Crippen LogP contribution in [0.1, 0.15) is 23.7 Å². The molecule has 10 heteroatoms. The van der Waals surface area contributed by atoms with Gasteiger partial charge in [0.25, 0.3) is 11.8 Å². The molecule has 1 aliphatic heterocycles. The van der Waals surface area contributed by atoms with Gasteiger partial charge in [0, 0.05) is 35.4 Å². The van der Waals surface area contributed by atoms with E-state index in [0.29, 0.717) is 17.9 Å². The molecular weight excluding hydrogens is 510 g/mol. The van der Waals surface area contributed by atoms with Crippen molar-refractivity contribution in [3.63, 3.8) is 0 Å². The summed E-state index contributed by atoms with van der Waals surface area (Å²) in [4.78, 5) is 41.4. The lowest BCUT2D eigenvalue weighted by atomic mass is 10.0. The SMILES string of the molecule is CC1CCN(C(=O)c2ccc(-c3ccc4[nH]ccc4c3)c(OCCNC(=O)COC(N)=O)c2)c2ccccc2N1. The first kappa shape index (κ1) is 26.6. The second kappa shape index (κ2) is 11.8. The fourth-order valence-corrected chi connectivity index (χ4v) is 4.75. The topological polar surface area (TPSA) is 139 Å². The van der Waals surface area contributed by atoms with Crippen molar-refractivity contribution in [2.24, 2.45) is 5.73 Å². The number of nitrogens with zero attached hydrogens (tertiary/aromatic N) is 1. The molecule has 0 spiro atoms. The van der Waals surface area contributed by atoms with E-state index in [1.807, 2.05) is 60.8 Å². The smallest absolute Gasteiger partial charge is 0.405 e. The molecule has 5 N–H and O–H groups in total. The Morgan fingerprint density at radius 3 is 2.77 bits per heavy atom. The zero-order valence-corrected chi connectivity index (χ0v) is 22.1. The molecule has 1 atom stereocenters. The van der Waals surface area contributed by atoms with Gasteiger partial charge in [0.2, 0.25) is 0 Å². The van der Waals surface area contributed by atoms with Crippen LogP contribution in [0, 0.1) is 0 Å². The molecule has 1 aliphatic rings. The Balaban J connectivity index is 1.41. The summed E-state index contributed by atoms with van der Waals surface area (Å²) in [6.07, 6.45) is 1.67. The summed E-state index contributed by atoms with van der Waals surface area (Å²) < 4.78 is 10.6. The lowest BCUT2D eigenvalue weighted by Crippen LogP contribution is -2.33. The number of fused-ring (bicyclic) bond motifs is 2. The van der Waals surface area contributed by atoms with E-state index in [0.717, 1.165) is 39.8 Å². The number of benzene rings is 3. The van der Waals surface area contributed by atoms with Gasteiger partial charge in [-0.3, -0.25) is 9.59 Å². The molecule has 5 rings (SSSR count). The molecule has 3 aromatic carbocycles. The van der Waals surface area contributed by atoms with Crippen LogP contribution in [0.25, 0.3) is 22.0 Å². The molecule has 0 saturated heterocycles. The van der Waals surface area contributed by atoms with Crippen molar-refractivity contribution in [2.45, 2.75) is 19.4 Å². The van der Waals surface area contributed by atoms with Crippen molar-refractivity contribution in [1.82, 2.24) is 10.3 Å². The van der Waals surface area contributed by atoms with Crippen molar-refractivity contribution in [1.29, 1.82) is 0 Å². The lowest BCUT2D eigenvalue weighted by molar-refractivity contribution is -0.124. The monoisotopic (exact) mass is 541 g/mol. The van der Waals surface area contributed by atoms with Crippen LogP contribution in [0.15, 0.2) is 72.9 Å². The van der Waals surface area contributed by atoms with Crippen molar-refractivity contribution < 1.29 is 23.9 Å². The number of rotatable bonds is 8. The summed E-state index contributed by atoms with van der Waals surface area (Å²) in [5.74, 6) is -0.108. The highest BCUT2D eigenvalue weighted by Gasteiger charge is 2.25. The fourth-order valence-electron chi connectivity index (χ4n) is 4.75. The van der Waals surface area contributed by atoms with Gasteiger partial charge in [-0.05, 0) is 72.8 Å². The number of carbonyl (C=O) groups excluding carboxylic acids is 3. The largest absolute Gasteiger partial charge is 0.491 e. The van der Waals surface area contributed by atoms with Crippen molar-refractivity contribution >= 4 is 40.2 Å². The first-order chi connectivity index (χ1) is 19.4. The summed E-state index contributed by atoms with van der Waals surface area (Å²) in [6.45, 7) is 2.51. The van der Waals surface area contributed by atoms with Gasteiger partial charge in [-0.15, -0.1) is 0 Å². The average molecular weight is 542 g/mol. The van der Waals surface area contributed by atoms with Crippen LogP contribution in [-0.4, -0.2) is 55.2 Å². The van der Waals surface area contributed by atoms with E-state index in [9.17, 15) is 14.4 Å². The molecular formula is C30H31N5O5. The van der Waals surface area contributed by atoms with Crippen LogP contribution in [0.5, 0.6) is 5.75 Å². The molecule has 0 aliphatic carbocycles. The Morgan fingerprint density at radius 2 is 1.93 bits per heavy atom. The van der Waals surface area contributed by atoms with Crippen molar-refractivity contribution in [2.75, 3.05) is 36.5 Å². The third-order valence-electron chi connectivity index (χ3n) is 6.75. The van der Waals surface area contributed by atoms with E-state index in [1.54, 1.807) is 11.0 Å². The first-order valence-electron chi connectivity index (χ1n) is 13.1. The average Bonchev–Trinajstić information content (AvgIpc) is 3.36. The molecule has 4 aromatic rings. The van der Waals surface area contributed by atoms with E-state index in [4.69, 9.17) is 10.5 Å². The zero-order valence-electron chi connectivity index (χ0n) is 22.1. The number of aromatic amines is 1. The Labute approximate surface area is 231 Å². The highest BCUT2D eigenvalue weighted by atomic mass is 16.5. The Kier molecular flexibility index (Phi) is 7.86. The minimum Gasteiger partial charge on any atom is -0.491 e.